The molecule has 28 heavy (non-hydrogen) atoms. The molecule has 0 radical (unpaired) electrons. The third-order valence-electron chi connectivity index (χ3n) is 3.78. The number of sulfonamides is 1. The zero-order chi connectivity index (χ0) is 20.1. The molecule has 3 aromatic rings. The van der Waals surface area contributed by atoms with Crippen molar-refractivity contribution in [2.45, 2.75) is 11.0 Å². The highest BCUT2D eigenvalue weighted by Gasteiger charge is 2.18. The molecule has 2 aromatic heterocycles. The van der Waals surface area contributed by atoms with E-state index >= 15 is 0 Å². The molecule has 8 nitrogen and oxygen atoms in total. The summed E-state index contributed by atoms with van der Waals surface area (Å²) >= 11 is 1.32. The van der Waals surface area contributed by atoms with Gasteiger partial charge in [0.15, 0.2) is 0 Å². The fourth-order valence-electron chi connectivity index (χ4n) is 2.34. The minimum absolute atomic E-state index is 0.0116. The molecule has 0 spiro atoms. The van der Waals surface area contributed by atoms with Crippen molar-refractivity contribution in [2.75, 3.05) is 19.0 Å². The van der Waals surface area contributed by atoms with Crippen LogP contribution in [0.2, 0.25) is 0 Å². The van der Waals surface area contributed by atoms with Gasteiger partial charge in [-0.2, -0.15) is 0 Å². The fraction of sp³-hybridized carbons (Fsp3) is 0.167. The van der Waals surface area contributed by atoms with Crippen LogP contribution < -0.4 is 10.0 Å². The second-order valence-electron chi connectivity index (χ2n) is 5.69. The van der Waals surface area contributed by atoms with Crippen molar-refractivity contribution >= 4 is 33.1 Å². The predicted molar refractivity (Wildman–Crippen MR) is 105 cm³/mol. The molecule has 3 N–H and O–H groups in total. The van der Waals surface area contributed by atoms with E-state index in [4.69, 9.17) is 4.42 Å². The Morgan fingerprint density at radius 1 is 1.21 bits per heavy atom. The van der Waals surface area contributed by atoms with Gasteiger partial charge >= 0.3 is 6.09 Å². The number of carbonyl (C=O) groups excluding carboxylic acids is 1. The molecule has 1 amide bonds. The molecule has 0 aliphatic carbocycles. The number of aliphatic hydroxyl groups excluding tert-OH is 1. The number of rotatable bonds is 7. The summed E-state index contributed by atoms with van der Waals surface area (Å²) in [6, 6.07) is 12.7. The maximum atomic E-state index is 12.4. The van der Waals surface area contributed by atoms with Crippen molar-refractivity contribution < 1.29 is 27.5 Å². The molecule has 148 valence electrons. The van der Waals surface area contributed by atoms with E-state index in [1.165, 1.54) is 42.7 Å². The topological polar surface area (TPSA) is 118 Å². The molecule has 2 heterocycles. The Hall–Kier alpha value is -2.66. The largest absolute Gasteiger partial charge is 0.464 e. The number of hydrogen-bond acceptors (Lipinski definition) is 7. The van der Waals surface area contributed by atoms with Crippen LogP contribution in [0.1, 0.15) is 11.0 Å². The lowest BCUT2D eigenvalue weighted by Crippen LogP contribution is -2.28. The van der Waals surface area contributed by atoms with Crippen molar-refractivity contribution in [2.24, 2.45) is 0 Å². The van der Waals surface area contributed by atoms with Crippen LogP contribution in [-0.2, 0) is 14.8 Å². The number of furan rings is 1. The van der Waals surface area contributed by atoms with Crippen LogP contribution >= 0.6 is 11.3 Å². The van der Waals surface area contributed by atoms with Gasteiger partial charge in [-0.1, -0.05) is 0 Å². The Morgan fingerprint density at radius 2 is 1.96 bits per heavy atom. The lowest BCUT2D eigenvalue weighted by molar-refractivity contribution is 0.185. The molecular formula is C18H18N2O6S2. The van der Waals surface area contributed by atoms with E-state index in [0.717, 1.165) is 4.88 Å². The maximum Gasteiger partial charge on any atom is 0.411 e. The Balaban J connectivity index is 1.62. The molecule has 1 unspecified atom stereocenters. The van der Waals surface area contributed by atoms with Crippen LogP contribution in [0.15, 0.2) is 64.1 Å². The first kappa shape index (κ1) is 20.1. The quantitative estimate of drug-likeness (QED) is 0.538. The van der Waals surface area contributed by atoms with Crippen LogP contribution in [0.5, 0.6) is 0 Å². The molecule has 0 saturated carbocycles. The normalized spacial score (nSPS) is 12.5. The summed E-state index contributed by atoms with van der Waals surface area (Å²) in [6.07, 6.45) is -0.0869. The number of benzene rings is 1. The SMILES string of the molecule is COC(=O)Nc1ccc(S(=O)(=O)NCC(O)c2ccc(-c3ccco3)s2)cc1. The maximum absolute atomic E-state index is 12.4. The van der Waals surface area contributed by atoms with Crippen LogP contribution in [0, 0.1) is 0 Å². The number of ether oxygens (including phenoxy) is 1. The van der Waals surface area contributed by atoms with Gasteiger partial charge in [-0.15, -0.1) is 11.3 Å². The Morgan fingerprint density at radius 3 is 2.61 bits per heavy atom. The molecule has 0 saturated heterocycles. The van der Waals surface area contributed by atoms with Crippen LogP contribution in [0.3, 0.4) is 0 Å². The van der Waals surface area contributed by atoms with Gasteiger partial charge in [0.2, 0.25) is 10.0 Å². The van der Waals surface area contributed by atoms with Gasteiger partial charge in [0.1, 0.15) is 11.9 Å². The van der Waals surface area contributed by atoms with E-state index in [1.807, 2.05) is 12.1 Å². The second-order valence-corrected chi connectivity index (χ2v) is 8.57. The predicted octanol–water partition coefficient (Wildman–Crippen LogP) is 3.20. The summed E-state index contributed by atoms with van der Waals surface area (Å²) in [7, 11) is -2.59. The number of hydrogen-bond donors (Lipinski definition) is 3. The summed E-state index contributed by atoms with van der Waals surface area (Å²) < 4.78 is 37.0. The van der Waals surface area contributed by atoms with Crippen LogP contribution in [-0.4, -0.2) is 33.3 Å². The number of carbonyl (C=O) groups is 1. The lowest BCUT2D eigenvalue weighted by atomic mass is 10.3. The first-order chi connectivity index (χ1) is 13.4. The molecule has 1 atom stereocenters. The van der Waals surface area contributed by atoms with Crippen LogP contribution in [0.4, 0.5) is 10.5 Å². The summed E-state index contributed by atoms with van der Waals surface area (Å²) in [6.45, 7) is -0.178. The van der Waals surface area contributed by atoms with E-state index < -0.39 is 22.2 Å². The third kappa shape index (κ3) is 4.78. The monoisotopic (exact) mass is 422 g/mol. The van der Waals surface area contributed by atoms with Crippen molar-refractivity contribution in [3.05, 3.63) is 59.7 Å². The van der Waals surface area contributed by atoms with Gasteiger partial charge in [0, 0.05) is 17.1 Å². The molecule has 1 aromatic carbocycles. The van der Waals surface area contributed by atoms with Gasteiger partial charge in [-0.3, -0.25) is 5.32 Å². The minimum atomic E-state index is -3.82. The van der Waals surface area contributed by atoms with E-state index in [1.54, 1.807) is 18.4 Å². The standard InChI is InChI=1S/C18H18N2O6S2/c1-25-18(22)20-12-4-6-13(7-5-12)28(23,24)19-11-14(21)16-8-9-17(27-16)15-3-2-10-26-15/h2-10,14,19,21H,11H2,1H3,(H,20,22). The molecular weight excluding hydrogens is 404 g/mol. The first-order valence-corrected chi connectivity index (χ1v) is 10.5. The highest BCUT2D eigenvalue weighted by molar-refractivity contribution is 7.89. The average molecular weight is 422 g/mol. The Labute approximate surface area is 165 Å². The number of nitrogens with one attached hydrogen (secondary N) is 2. The van der Waals surface area contributed by atoms with Gasteiger partial charge in [0.05, 0.1) is 23.1 Å². The third-order valence-corrected chi connectivity index (χ3v) is 6.42. The van der Waals surface area contributed by atoms with Gasteiger partial charge < -0.3 is 14.3 Å². The highest BCUT2D eigenvalue weighted by atomic mass is 32.2. The minimum Gasteiger partial charge on any atom is -0.464 e. The summed E-state index contributed by atoms with van der Waals surface area (Å²) in [4.78, 5) is 12.6. The number of aliphatic hydroxyl groups is 1. The summed E-state index contributed by atoms with van der Waals surface area (Å²) in [5.41, 5.74) is 0.398. The number of methoxy groups -OCH3 is 1. The smallest absolute Gasteiger partial charge is 0.411 e. The number of anilines is 1. The fourth-order valence-corrected chi connectivity index (χ4v) is 4.34. The van der Waals surface area contributed by atoms with Crippen molar-refractivity contribution in [3.63, 3.8) is 0 Å². The molecule has 0 fully saturated rings. The van der Waals surface area contributed by atoms with Gasteiger partial charge in [-0.25, -0.2) is 17.9 Å². The van der Waals surface area contributed by atoms with E-state index in [2.05, 4.69) is 14.8 Å². The lowest BCUT2D eigenvalue weighted by Gasteiger charge is -2.11. The molecule has 3 rings (SSSR count). The molecule has 10 heteroatoms. The zero-order valence-corrected chi connectivity index (χ0v) is 16.4. The van der Waals surface area contributed by atoms with E-state index in [9.17, 15) is 18.3 Å². The second kappa shape index (κ2) is 8.57. The average Bonchev–Trinajstić information content (AvgIpc) is 3.38. The summed E-state index contributed by atoms with van der Waals surface area (Å²) in [5, 5.41) is 12.7. The highest BCUT2D eigenvalue weighted by Crippen LogP contribution is 2.31. The molecule has 0 aliphatic rings. The van der Waals surface area contributed by atoms with E-state index in [-0.39, 0.29) is 11.4 Å². The van der Waals surface area contributed by atoms with Crippen molar-refractivity contribution in [1.82, 2.24) is 4.72 Å². The van der Waals surface area contributed by atoms with E-state index in [0.29, 0.717) is 16.3 Å². The van der Waals surface area contributed by atoms with Gasteiger partial charge in [0.25, 0.3) is 0 Å². The van der Waals surface area contributed by atoms with Crippen LogP contribution in [0.25, 0.3) is 10.6 Å². The summed E-state index contributed by atoms with van der Waals surface area (Å²) in [5.74, 6) is 0.685. The van der Waals surface area contributed by atoms with Crippen molar-refractivity contribution in [3.8, 4) is 10.6 Å². The Bertz CT molecular complexity index is 1030. The molecule has 0 aliphatic heterocycles. The Kier molecular flexibility index (Phi) is 6.15. The zero-order valence-electron chi connectivity index (χ0n) is 14.8. The van der Waals surface area contributed by atoms with Gasteiger partial charge in [-0.05, 0) is 48.5 Å². The molecule has 0 bridgehead atoms. The number of amides is 1. The number of thiophene rings is 1. The van der Waals surface area contributed by atoms with Crippen molar-refractivity contribution in [1.29, 1.82) is 0 Å². The first-order valence-electron chi connectivity index (χ1n) is 8.15.